The van der Waals surface area contributed by atoms with Crippen LogP contribution in [-0.2, 0) is 16.3 Å². The zero-order chi connectivity index (χ0) is 20.1. The van der Waals surface area contributed by atoms with E-state index < -0.39 is 50.3 Å². The van der Waals surface area contributed by atoms with Crippen molar-refractivity contribution in [3.63, 3.8) is 0 Å². The topological polar surface area (TPSA) is 69.4 Å². The zero-order valence-corrected chi connectivity index (χ0v) is 14.4. The first-order chi connectivity index (χ1) is 12.4. The maximum Gasteiger partial charge on any atom is 0.501 e. The Balaban J connectivity index is 2.15. The molecule has 145 valence electrons. The molecule has 10 heteroatoms. The summed E-state index contributed by atoms with van der Waals surface area (Å²) < 4.78 is 95.5. The average molecular weight is 406 g/mol. The van der Waals surface area contributed by atoms with Crippen LogP contribution in [0.5, 0.6) is 11.5 Å². The highest BCUT2D eigenvalue weighted by molar-refractivity contribution is 7.92. The fraction of sp³-hybridized carbons (Fsp3) is 0.235. The quantitative estimate of drug-likeness (QED) is 0.783. The van der Waals surface area contributed by atoms with Crippen molar-refractivity contribution >= 4 is 9.84 Å². The maximum atomic E-state index is 14.1. The van der Waals surface area contributed by atoms with Crippen molar-refractivity contribution in [3.05, 3.63) is 59.8 Å². The van der Waals surface area contributed by atoms with Gasteiger partial charge in [0.15, 0.2) is 0 Å². The molecular weight excluding hydrogens is 393 g/mol. The number of hydrogen-bond acceptors (Lipinski definition) is 4. The minimum atomic E-state index is -5.73. The fourth-order valence-corrected chi connectivity index (χ4v) is 4.01. The molecule has 1 aliphatic rings. The lowest BCUT2D eigenvalue weighted by atomic mass is 10.1. The van der Waals surface area contributed by atoms with E-state index in [-0.39, 0.29) is 22.6 Å². The van der Waals surface area contributed by atoms with Crippen LogP contribution in [0.15, 0.2) is 35.2 Å². The van der Waals surface area contributed by atoms with Crippen molar-refractivity contribution in [2.24, 2.45) is 5.73 Å². The Kier molecular flexibility index (Phi) is 4.67. The second-order valence-corrected chi connectivity index (χ2v) is 7.96. The Morgan fingerprint density at radius 2 is 1.85 bits per heavy atom. The molecular formula is C17H13F5NO3S. The third-order valence-corrected chi connectivity index (χ3v) is 5.69. The number of fused-ring (bicyclic) bond motifs is 1. The van der Waals surface area contributed by atoms with Crippen LogP contribution in [0.3, 0.4) is 0 Å². The molecule has 2 unspecified atom stereocenters. The first kappa shape index (κ1) is 19.6. The predicted octanol–water partition coefficient (Wildman–Crippen LogP) is 3.99. The second kappa shape index (κ2) is 6.45. The molecule has 2 N–H and O–H groups in total. The molecule has 27 heavy (non-hydrogen) atoms. The van der Waals surface area contributed by atoms with Gasteiger partial charge in [-0.3, -0.25) is 0 Å². The average Bonchev–Trinajstić information content (AvgIpc) is 2.82. The Hall–Kier alpha value is -2.20. The van der Waals surface area contributed by atoms with Gasteiger partial charge in [0.1, 0.15) is 23.5 Å². The lowest BCUT2D eigenvalue weighted by Crippen LogP contribution is -2.26. The van der Waals surface area contributed by atoms with Gasteiger partial charge in [0.25, 0.3) is 9.84 Å². The number of alkyl halides is 4. The molecule has 2 aromatic carbocycles. The Bertz CT molecular complexity index is 984. The number of sulfone groups is 1. The first-order valence-electron chi connectivity index (χ1n) is 7.59. The SMILES string of the molecule is [CH2]c1cc(F)cc(Oc2ccc(S(=O)(=O)C(F)(F)F)c3c2CC(F)C3N)c1. The van der Waals surface area contributed by atoms with Crippen LogP contribution >= 0.6 is 0 Å². The molecule has 2 atom stereocenters. The molecule has 0 saturated heterocycles. The summed E-state index contributed by atoms with van der Waals surface area (Å²) in [6.45, 7) is 3.55. The molecule has 0 fully saturated rings. The molecule has 0 aromatic heterocycles. The molecule has 3 rings (SSSR count). The molecule has 1 radical (unpaired) electrons. The number of halogens is 5. The van der Waals surface area contributed by atoms with E-state index in [2.05, 4.69) is 6.92 Å². The van der Waals surface area contributed by atoms with E-state index in [0.29, 0.717) is 6.07 Å². The summed E-state index contributed by atoms with van der Waals surface area (Å²) in [4.78, 5) is -1.11. The monoisotopic (exact) mass is 406 g/mol. The predicted molar refractivity (Wildman–Crippen MR) is 86.1 cm³/mol. The van der Waals surface area contributed by atoms with Crippen LogP contribution < -0.4 is 10.5 Å². The minimum absolute atomic E-state index is 0.0236. The van der Waals surface area contributed by atoms with Crippen molar-refractivity contribution < 1.29 is 35.1 Å². The van der Waals surface area contributed by atoms with Gasteiger partial charge < -0.3 is 10.5 Å². The Morgan fingerprint density at radius 3 is 2.44 bits per heavy atom. The summed E-state index contributed by atoms with van der Waals surface area (Å²) in [5.74, 6) is -0.790. The number of ether oxygens (including phenoxy) is 1. The van der Waals surface area contributed by atoms with Crippen LogP contribution in [0.2, 0.25) is 0 Å². The van der Waals surface area contributed by atoms with Crippen LogP contribution in [0.4, 0.5) is 22.0 Å². The summed E-state index contributed by atoms with van der Waals surface area (Å²) in [5, 5.41) is 0. The minimum Gasteiger partial charge on any atom is -0.457 e. The third-order valence-electron chi connectivity index (χ3n) is 4.15. The molecule has 0 spiro atoms. The van der Waals surface area contributed by atoms with Gasteiger partial charge in [-0.05, 0) is 42.3 Å². The first-order valence-corrected chi connectivity index (χ1v) is 9.07. The Labute approximate surface area is 151 Å². The van der Waals surface area contributed by atoms with Crippen LogP contribution in [-0.4, -0.2) is 20.1 Å². The van der Waals surface area contributed by atoms with E-state index in [1.807, 2.05) is 0 Å². The summed E-state index contributed by atoms with van der Waals surface area (Å²) in [7, 11) is -5.73. The highest BCUT2D eigenvalue weighted by Gasteiger charge is 2.50. The lowest BCUT2D eigenvalue weighted by molar-refractivity contribution is -0.0436. The summed E-state index contributed by atoms with van der Waals surface area (Å²) in [6.07, 6.45) is -2.22. The van der Waals surface area contributed by atoms with Crippen molar-refractivity contribution in [3.8, 4) is 11.5 Å². The van der Waals surface area contributed by atoms with Gasteiger partial charge in [-0.2, -0.15) is 13.2 Å². The van der Waals surface area contributed by atoms with Crippen LogP contribution in [0.1, 0.15) is 22.7 Å². The molecule has 2 aromatic rings. The summed E-state index contributed by atoms with van der Waals surface area (Å²) in [5.41, 5.74) is -0.267. The molecule has 0 amide bonds. The van der Waals surface area contributed by atoms with E-state index in [1.165, 1.54) is 6.07 Å². The van der Waals surface area contributed by atoms with Crippen molar-refractivity contribution in [2.75, 3.05) is 0 Å². The number of hydrogen-bond donors (Lipinski definition) is 1. The van der Waals surface area contributed by atoms with Crippen molar-refractivity contribution in [1.29, 1.82) is 0 Å². The Morgan fingerprint density at radius 1 is 1.19 bits per heavy atom. The molecule has 4 nitrogen and oxygen atoms in total. The number of benzene rings is 2. The van der Waals surface area contributed by atoms with E-state index in [0.717, 1.165) is 18.2 Å². The van der Waals surface area contributed by atoms with E-state index in [1.54, 1.807) is 0 Å². The van der Waals surface area contributed by atoms with Crippen molar-refractivity contribution in [1.82, 2.24) is 0 Å². The fourth-order valence-electron chi connectivity index (χ4n) is 2.96. The zero-order valence-electron chi connectivity index (χ0n) is 13.6. The molecule has 0 saturated carbocycles. The lowest BCUT2D eigenvalue weighted by Gasteiger charge is -2.17. The van der Waals surface area contributed by atoms with Gasteiger partial charge in [-0.1, -0.05) is 0 Å². The number of rotatable bonds is 3. The molecule has 0 heterocycles. The largest absolute Gasteiger partial charge is 0.501 e. The van der Waals surface area contributed by atoms with Crippen molar-refractivity contribution in [2.45, 2.75) is 29.0 Å². The van der Waals surface area contributed by atoms with Gasteiger partial charge in [0, 0.05) is 18.1 Å². The van der Waals surface area contributed by atoms with Gasteiger partial charge in [-0.15, -0.1) is 0 Å². The smallest absolute Gasteiger partial charge is 0.457 e. The van der Waals surface area contributed by atoms with Crippen LogP contribution in [0, 0.1) is 12.7 Å². The highest BCUT2D eigenvalue weighted by Crippen LogP contribution is 2.45. The van der Waals surface area contributed by atoms with Gasteiger partial charge in [0.05, 0.1) is 10.9 Å². The standard InChI is InChI=1S/C17H13F5NO3S/c1-8-4-9(18)6-10(5-8)26-13-2-3-14(27(24,25)17(20,21)22)15-11(13)7-12(19)16(15)23/h2-6,12,16H,1,7,23H2. The van der Waals surface area contributed by atoms with Gasteiger partial charge in [-0.25, -0.2) is 17.2 Å². The normalized spacial score (nSPS) is 19.8. The molecule has 0 aliphatic heterocycles. The van der Waals surface area contributed by atoms with E-state index in [4.69, 9.17) is 10.5 Å². The molecule has 0 bridgehead atoms. The summed E-state index contributed by atoms with van der Waals surface area (Å²) in [6, 6.07) is 3.56. The number of nitrogens with two attached hydrogens (primary N) is 1. The summed E-state index contributed by atoms with van der Waals surface area (Å²) >= 11 is 0. The molecule has 1 aliphatic carbocycles. The van der Waals surface area contributed by atoms with Gasteiger partial charge in [0.2, 0.25) is 0 Å². The third kappa shape index (κ3) is 3.39. The van der Waals surface area contributed by atoms with Crippen LogP contribution in [0.25, 0.3) is 0 Å². The van der Waals surface area contributed by atoms with E-state index in [9.17, 15) is 30.4 Å². The highest BCUT2D eigenvalue weighted by atomic mass is 32.2. The van der Waals surface area contributed by atoms with E-state index >= 15 is 0 Å². The maximum absolute atomic E-state index is 14.1. The van der Waals surface area contributed by atoms with Gasteiger partial charge >= 0.3 is 5.51 Å². The second-order valence-electron chi connectivity index (χ2n) is 6.05.